The van der Waals surface area contributed by atoms with Crippen molar-refractivity contribution in [1.82, 2.24) is 5.32 Å². The molecule has 1 amide bonds. The molecule has 0 fully saturated rings. The van der Waals surface area contributed by atoms with E-state index in [1.165, 1.54) is 135 Å². The number of rotatable bonds is 51. The number of allylic oxidation sites excluding steroid dienone is 13. The Balaban J connectivity index is 5.38. The Labute approximate surface area is 437 Å². The van der Waals surface area contributed by atoms with Crippen molar-refractivity contribution in [2.45, 2.75) is 251 Å². The van der Waals surface area contributed by atoms with Crippen LogP contribution in [0.5, 0.6) is 0 Å². The number of likely N-dealkylation sites (N-methyl/N-ethyl adjacent to an activating group) is 1. The van der Waals surface area contributed by atoms with Gasteiger partial charge in [-0.1, -0.05) is 260 Å². The smallest absolute Gasteiger partial charge is 0.456 e. The van der Waals surface area contributed by atoms with E-state index < -0.39 is 20.0 Å². The quantitative estimate of drug-likeness (QED) is 0.0156. The Bertz CT molecular complexity index is 1490. The lowest BCUT2D eigenvalue weighted by atomic mass is 10.0. The molecule has 0 radical (unpaired) electrons. The fourth-order valence-corrected chi connectivity index (χ4v) is 8.77. The highest BCUT2D eigenvalue weighted by molar-refractivity contribution is 7.47. The largest absolute Gasteiger partial charge is 0.472 e. The summed E-state index contributed by atoms with van der Waals surface area (Å²) >= 11 is 0. The van der Waals surface area contributed by atoms with Crippen molar-refractivity contribution in [2.24, 2.45) is 0 Å². The molecule has 0 rings (SSSR count). The number of hydrogen-bond donors (Lipinski definition) is 2. The van der Waals surface area contributed by atoms with Crippen molar-refractivity contribution in [3.05, 3.63) is 85.1 Å². The number of nitrogens with one attached hydrogen (secondary N) is 1. The molecule has 0 aromatic rings. The molecule has 9 nitrogen and oxygen atoms in total. The zero-order valence-electron chi connectivity index (χ0n) is 46.7. The van der Waals surface area contributed by atoms with E-state index in [1.807, 2.05) is 94.1 Å². The van der Waals surface area contributed by atoms with Crippen LogP contribution in [0, 0.1) is 0 Å². The van der Waals surface area contributed by atoms with Crippen LogP contribution < -0.4 is 5.32 Å². The normalized spacial score (nSPS) is 14.4. The number of esters is 1. The molecule has 0 heterocycles. The topological polar surface area (TPSA) is 111 Å². The zero-order chi connectivity index (χ0) is 52.2. The maximum absolute atomic E-state index is 13.5. The minimum atomic E-state index is -4.46. The third kappa shape index (κ3) is 51.9. The van der Waals surface area contributed by atoms with E-state index in [0.29, 0.717) is 23.9 Å². The van der Waals surface area contributed by atoms with E-state index in [0.717, 1.165) is 64.2 Å². The third-order valence-electron chi connectivity index (χ3n) is 12.5. The van der Waals surface area contributed by atoms with Gasteiger partial charge in [0.2, 0.25) is 5.91 Å². The first-order valence-corrected chi connectivity index (χ1v) is 30.5. The molecule has 0 saturated heterocycles. The lowest BCUT2D eigenvalue weighted by molar-refractivity contribution is -0.870. The summed E-state index contributed by atoms with van der Waals surface area (Å²) in [6.45, 7) is 6.83. The van der Waals surface area contributed by atoms with Crippen molar-refractivity contribution >= 4 is 19.7 Å². The average molecular weight is 1010 g/mol. The highest BCUT2D eigenvalue weighted by Gasteiger charge is 2.30. The molecule has 410 valence electrons. The first kappa shape index (κ1) is 68.2. The molecule has 0 aliphatic carbocycles. The summed E-state index contributed by atoms with van der Waals surface area (Å²) in [4.78, 5) is 37.6. The van der Waals surface area contributed by atoms with Crippen LogP contribution in [0.25, 0.3) is 0 Å². The first-order chi connectivity index (χ1) is 34.4. The van der Waals surface area contributed by atoms with Crippen LogP contribution in [0.4, 0.5) is 0 Å². The molecular formula is C61H110N2O7P+. The number of unbranched alkanes of at least 4 members (excludes halogenated alkanes) is 28. The maximum Gasteiger partial charge on any atom is 0.472 e. The summed E-state index contributed by atoms with van der Waals surface area (Å²) in [6, 6.07) is -0.868. The van der Waals surface area contributed by atoms with Crippen LogP contribution in [-0.2, 0) is 27.9 Å². The van der Waals surface area contributed by atoms with Crippen molar-refractivity contribution in [3.8, 4) is 0 Å². The van der Waals surface area contributed by atoms with E-state index in [1.54, 1.807) is 0 Å². The van der Waals surface area contributed by atoms with E-state index in [2.05, 4.69) is 38.2 Å². The molecular weight excluding hydrogens is 904 g/mol. The standard InChI is InChI=1S/C61H109N2O7P/c1-7-10-13-16-19-22-25-27-29-31-33-35-38-41-44-47-50-53-60(64)62-58(57-69-71(66,67)68-56-55-63(4,5)6)59(52-49-46-43-40-37-24-21-18-15-12-9-3)70-61(65)54-51-48-45-42-39-36-34-32-30-28-26-23-20-17-14-11-8-2/h11,14,17,20,23,26,28,30,32,34,36,39,49,52,58-59H,7-10,12-13,15-16,18-19,21-22,24-25,27,29,31,33,35,37-38,40-48,50-51,53-57H2,1-6H3,(H-,62,64,66,67)/p+1/b14-11-,20-17+,26-23+,30-28-,34-32+,39-36+,52-49+. The SMILES string of the molecule is CC\C=C/C=C/C=C/C=C\C=C\C=C\CCCCCC(=O)OC(/C=C/CCCCCCCCCCC)C(COP(=O)(O)OCC[N+](C)(C)C)NC(=O)CCCCCCCCCCCCCCCCCCC. The summed E-state index contributed by atoms with van der Waals surface area (Å²) in [5.41, 5.74) is 0. The fraction of sp³-hybridized carbons (Fsp3) is 0.738. The van der Waals surface area contributed by atoms with Gasteiger partial charge in [0.1, 0.15) is 19.3 Å². The number of quaternary nitrogens is 1. The number of nitrogens with zero attached hydrogens (tertiary/aromatic N) is 1. The number of phosphoric acid groups is 1. The predicted octanol–water partition coefficient (Wildman–Crippen LogP) is 17.4. The van der Waals surface area contributed by atoms with Gasteiger partial charge in [-0.05, 0) is 51.0 Å². The van der Waals surface area contributed by atoms with Crippen molar-refractivity contribution < 1.29 is 37.3 Å². The summed E-state index contributed by atoms with van der Waals surface area (Å²) in [5.74, 6) is -0.556. The second-order valence-corrected chi connectivity index (χ2v) is 22.0. The van der Waals surface area contributed by atoms with Gasteiger partial charge in [0, 0.05) is 12.8 Å². The van der Waals surface area contributed by atoms with E-state index in [-0.39, 0.29) is 31.5 Å². The minimum Gasteiger partial charge on any atom is -0.456 e. The first-order valence-electron chi connectivity index (χ1n) is 29.0. The molecule has 0 aliphatic rings. The van der Waals surface area contributed by atoms with Gasteiger partial charge in [0.25, 0.3) is 0 Å². The molecule has 0 bridgehead atoms. The number of amides is 1. The van der Waals surface area contributed by atoms with Crippen molar-refractivity contribution in [1.29, 1.82) is 0 Å². The van der Waals surface area contributed by atoms with Gasteiger partial charge in [-0.25, -0.2) is 4.57 Å². The lowest BCUT2D eigenvalue weighted by Gasteiger charge is -2.27. The molecule has 0 spiro atoms. The fourth-order valence-electron chi connectivity index (χ4n) is 8.03. The average Bonchev–Trinajstić information content (AvgIpc) is 3.33. The van der Waals surface area contributed by atoms with Gasteiger partial charge >= 0.3 is 13.8 Å². The maximum atomic E-state index is 13.5. The van der Waals surface area contributed by atoms with Crippen molar-refractivity contribution in [2.75, 3.05) is 40.9 Å². The number of phosphoric ester groups is 1. The minimum absolute atomic E-state index is 0.0301. The van der Waals surface area contributed by atoms with Crippen LogP contribution in [0.2, 0.25) is 0 Å². The second kappa shape index (κ2) is 50.7. The van der Waals surface area contributed by atoms with E-state index >= 15 is 0 Å². The molecule has 2 N–H and O–H groups in total. The molecule has 0 saturated carbocycles. The zero-order valence-corrected chi connectivity index (χ0v) is 47.6. The van der Waals surface area contributed by atoms with E-state index in [9.17, 15) is 19.0 Å². The molecule has 3 atom stereocenters. The lowest BCUT2D eigenvalue weighted by Crippen LogP contribution is -2.47. The van der Waals surface area contributed by atoms with E-state index in [4.69, 9.17) is 13.8 Å². The second-order valence-electron chi connectivity index (χ2n) is 20.6. The Morgan fingerprint density at radius 3 is 1.37 bits per heavy atom. The molecule has 3 unspecified atom stereocenters. The summed E-state index contributed by atoms with van der Waals surface area (Å²) in [5, 5.41) is 3.04. The number of carbonyl (C=O) groups excluding carboxylic acids is 2. The van der Waals surface area contributed by atoms with Gasteiger partial charge in [-0.15, -0.1) is 0 Å². The third-order valence-corrected chi connectivity index (χ3v) is 13.5. The Morgan fingerprint density at radius 1 is 0.507 bits per heavy atom. The monoisotopic (exact) mass is 1010 g/mol. The summed E-state index contributed by atoms with van der Waals surface area (Å²) in [6.07, 6.45) is 65.8. The summed E-state index contributed by atoms with van der Waals surface area (Å²) < 4.78 is 30.6. The molecule has 0 aromatic carbocycles. The van der Waals surface area contributed by atoms with Gasteiger partial charge in [-0.2, -0.15) is 0 Å². The van der Waals surface area contributed by atoms with Crippen molar-refractivity contribution in [3.63, 3.8) is 0 Å². The van der Waals surface area contributed by atoms with Crippen LogP contribution in [0.1, 0.15) is 239 Å². The van der Waals surface area contributed by atoms with Gasteiger partial charge < -0.3 is 19.4 Å². The van der Waals surface area contributed by atoms with Gasteiger partial charge in [-0.3, -0.25) is 18.6 Å². The highest BCUT2D eigenvalue weighted by Crippen LogP contribution is 2.43. The Morgan fingerprint density at radius 2 is 0.901 bits per heavy atom. The van der Waals surface area contributed by atoms with Gasteiger partial charge in [0.05, 0.1) is 33.8 Å². The van der Waals surface area contributed by atoms with Crippen LogP contribution in [0.3, 0.4) is 0 Å². The number of carbonyl (C=O) groups is 2. The Kier molecular flexibility index (Phi) is 48.7. The van der Waals surface area contributed by atoms with Crippen LogP contribution >= 0.6 is 7.82 Å². The predicted molar refractivity (Wildman–Crippen MR) is 304 cm³/mol. The Hall–Kier alpha value is -2.81. The molecule has 0 aliphatic heterocycles. The van der Waals surface area contributed by atoms with Gasteiger partial charge in [0.15, 0.2) is 0 Å². The highest BCUT2D eigenvalue weighted by atomic mass is 31.2. The molecule has 10 heteroatoms. The molecule has 71 heavy (non-hydrogen) atoms. The summed E-state index contributed by atoms with van der Waals surface area (Å²) in [7, 11) is 1.46. The number of ether oxygens (including phenoxy) is 1. The van der Waals surface area contributed by atoms with Crippen LogP contribution in [-0.4, -0.2) is 74.3 Å². The molecule has 0 aromatic heterocycles. The van der Waals surface area contributed by atoms with Crippen LogP contribution in [0.15, 0.2) is 85.1 Å². The number of hydrogen-bond acceptors (Lipinski definition) is 6.